The van der Waals surface area contributed by atoms with E-state index in [1.54, 1.807) is 0 Å². The maximum absolute atomic E-state index is 5.47. The van der Waals surface area contributed by atoms with Gasteiger partial charge in [0.15, 0.2) is 11.5 Å². The topological polar surface area (TPSA) is 33.7 Å². The minimum absolute atomic E-state index is 0.352. The molecule has 0 spiro atoms. The van der Waals surface area contributed by atoms with Gasteiger partial charge in [0.1, 0.15) is 0 Å². The zero-order valence-electron chi connectivity index (χ0n) is 11.1. The van der Waals surface area contributed by atoms with E-state index in [0.717, 1.165) is 30.6 Å². The molecule has 0 bridgehead atoms. The first-order chi connectivity index (χ1) is 9.38. The fraction of sp³-hybridized carbons (Fsp3) is 0.600. The number of fused-ring (bicyclic) bond motifs is 1. The first kappa shape index (κ1) is 11.4. The highest BCUT2D eigenvalue weighted by Gasteiger charge is 2.28. The van der Waals surface area contributed by atoms with Crippen molar-refractivity contribution in [2.75, 3.05) is 24.8 Å². The molecule has 3 aliphatic rings. The van der Waals surface area contributed by atoms with Crippen LogP contribution in [0.3, 0.4) is 0 Å². The molecule has 1 unspecified atom stereocenters. The molecule has 1 saturated heterocycles. The van der Waals surface area contributed by atoms with E-state index in [1.807, 2.05) is 6.07 Å². The van der Waals surface area contributed by atoms with E-state index in [4.69, 9.17) is 9.47 Å². The molecule has 2 heterocycles. The Morgan fingerprint density at radius 1 is 1.05 bits per heavy atom. The quantitative estimate of drug-likeness (QED) is 0.902. The molecule has 2 aliphatic heterocycles. The lowest BCUT2D eigenvalue weighted by molar-refractivity contribution is 0.174. The third kappa shape index (κ3) is 2.37. The Bertz CT molecular complexity index is 473. The molecule has 0 radical (unpaired) electrons. The maximum atomic E-state index is 5.47. The largest absolute Gasteiger partial charge is 0.454 e. The molecule has 4 heteroatoms. The van der Waals surface area contributed by atoms with Crippen molar-refractivity contribution >= 4 is 5.69 Å². The standard InChI is InChI=1S/C15H20N2O2/c1-2-12(16-11-3-4-11)9-17(7-1)13-5-6-14-15(8-13)19-10-18-14/h5-6,8,11-12,16H,1-4,7,9-10H2. The van der Waals surface area contributed by atoms with E-state index >= 15 is 0 Å². The highest BCUT2D eigenvalue weighted by atomic mass is 16.7. The van der Waals surface area contributed by atoms with Crippen LogP contribution in [0.2, 0.25) is 0 Å². The number of nitrogens with one attached hydrogen (secondary N) is 1. The average Bonchev–Trinajstić information content (AvgIpc) is 3.13. The molecular weight excluding hydrogens is 240 g/mol. The summed E-state index contributed by atoms with van der Waals surface area (Å²) in [5.74, 6) is 1.75. The summed E-state index contributed by atoms with van der Waals surface area (Å²) in [7, 11) is 0. The van der Waals surface area contributed by atoms with Crippen molar-refractivity contribution < 1.29 is 9.47 Å². The van der Waals surface area contributed by atoms with Crippen LogP contribution in [0.4, 0.5) is 5.69 Å². The number of nitrogens with zero attached hydrogens (tertiary/aromatic N) is 1. The summed E-state index contributed by atoms with van der Waals surface area (Å²) < 4.78 is 10.8. The number of rotatable bonds is 3. The lowest BCUT2D eigenvalue weighted by Crippen LogP contribution is -2.46. The number of hydrogen-bond donors (Lipinski definition) is 1. The van der Waals surface area contributed by atoms with Crippen LogP contribution in [0.1, 0.15) is 25.7 Å². The van der Waals surface area contributed by atoms with Gasteiger partial charge in [0.2, 0.25) is 6.79 Å². The Labute approximate surface area is 113 Å². The van der Waals surface area contributed by atoms with Crippen molar-refractivity contribution in [3.05, 3.63) is 18.2 Å². The second kappa shape index (κ2) is 4.60. The lowest BCUT2D eigenvalue weighted by atomic mass is 10.0. The second-order valence-electron chi connectivity index (χ2n) is 5.76. The smallest absolute Gasteiger partial charge is 0.231 e. The molecule has 19 heavy (non-hydrogen) atoms. The van der Waals surface area contributed by atoms with Gasteiger partial charge in [-0.25, -0.2) is 0 Å². The molecule has 4 nitrogen and oxygen atoms in total. The number of ether oxygens (including phenoxy) is 2. The van der Waals surface area contributed by atoms with Crippen LogP contribution < -0.4 is 19.7 Å². The Hall–Kier alpha value is -1.42. The summed E-state index contributed by atoms with van der Waals surface area (Å²) in [4.78, 5) is 2.46. The van der Waals surface area contributed by atoms with Gasteiger partial charge in [-0.3, -0.25) is 0 Å². The number of benzene rings is 1. The van der Waals surface area contributed by atoms with Gasteiger partial charge in [-0.1, -0.05) is 0 Å². The molecule has 1 saturated carbocycles. The molecule has 0 aromatic heterocycles. The fourth-order valence-electron chi connectivity index (χ4n) is 3.01. The Balaban J connectivity index is 1.48. The molecular formula is C15H20N2O2. The van der Waals surface area contributed by atoms with E-state index in [0.29, 0.717) is 12.8 Å². The molecule has 102 valence electrons. The van der Waals surface area contributed by atoms with E-state index in [2.05, 4.69) is 22.3 Å². The fourth-order valence-corrected chi connectivity index (χ4v) is 3.01. The van der Waals surface area contributed by atoms with E-state index in [-0.39, 0.29) is 0 Å². The van der Waals surface area contributed by atoms with Crippen molar-refractivity contribution in [2.45, 2.75) is 37.8 Å². The lowest BCUT2D eigenvalue weighted by Gasteiger charge is -2.35. The van der Waals surface area contributed by atoms with Gasteiger partial charge in [0.05, 0.1) is 0 Å². The summed E-state index contributed by atoms with van der Waals surface area (Å²) in [5, 5.41) is 3.75. The first-order valence-electron chi connectivity index (χ1n) is 7.29. The Morgan fingerprint density at radius 3 is 2.84 bits per heavy atom. The third-order valence-electron chi connectivity index (χ3n) is 4.19. The van der Waals surface area contributed by atoms with Crippen molar-refractivity contribution in [3.63, 3.8) is 0 Å². The third-order valence-corrected chi connectivity index (χ3v) is 4.19. The van der Waals surface area contributed by atoms with Crippen LogP contribution in [0.15, 0.2) is 18.2 Å². The Kier molecular flexibility index (Phi) is 2.76. The molecule has 1 aromatic rings. The Morgan fingerprint density at radius 2 is 1.95 bits per heavy atom. The summed E-state index contributed by atoms with van der Waals surface area (Å²) in [5.41, 5.74) is 1.26. The zero-order valence-corrected chi connectivity index (χ0v) is 11.1. The molecule has 1 atom stereocenters. The first-order valence-corrected chi connectivity index (χ1v) is 7.29. The summed E-state index contributed by atoms with van der Waals surface area (Å²) in [6.07, 6.45) is 5.29. The van der Waals surface area contributed by atoms with Gasteiger partial charge < -0.3 is 19.7 Å². The normalized spacial score (nSPS) is 25.7. The van der Waals surface area contributed by atoms with Gasteiger partial charge in [0, 0.05) is 36.9 Å². The van der Waals surface area contributed by atoms with Crippen molar-refractivity contribution in [1.29, 1.82) is 0 Å². The zero-order chi connectivity index (χ0) is 12.7. The minimum atomic E-state index is 0.352. The SMILES string of the molecule is c1cc2c(cc1N1CCCC(NC3CC3)C1)OCO2. The van der Waals surface area contributed by atoms with Crippen molar-refractivity contribution in [3.8, 4) is 11.5 Å². The maximum Gasteiger partial charge on any atom is 0.231 e. The molecule has 1 aromatic carbocycles. The van der Waals surface area contributed by atoms with Gasteiger partial charge in [0.25, 0.3) is 0 Å². The van der Waals surface area contributed by atoms with E-state index in [9.17, 15) is 0 Å². The van der Waals surface area contributed by atoms with Gasteiger partial charge in [-0.05, 0) is 37.8 Å². The van der Waals surface area contributed by atoms with E-state index in [1.165, 1.54) is 31.4 Å². The average molecular weight is 260 g/mol. The van der Waals surface area contributed by atoms with Crippen LogP contribution >= 0.6 is 0 Å². The summed E-state index contributed by atoms with van der Waals surface area (Å²) in [6, 6.07) is 7.72. The molecule has 2 fully saturated rings. The highest BCUT2D eigenvalue weighted by molar-refractivity contribution is 5.57. The van der Waals surface area contributed by atoms with Crippen LogP contribution in [0.5, 0.6) is 11.5 Å². The minimum Gasteiger partial charge on any atom is -0.454 e. The van der Waals surface area contributed by atoms with E-state index < -0.39 is 0 Å². The predicted octanol–water partition coefficient (Wildman–Crippen LogP) is 2.14. The highest BCUT2D eigenvalue weighted by Crippen LogP contribution is 2.36. The predicted molar refractivity (Wildman–Crippen MR) is 74.0 cm³/mol. The van der Waals surface area contributed by atoms with Crippen molar-refractivity contribution in [2.24, 2.45) is 0 Å². The molecule has 1 aliphatic carbocycles. The molecule has 1 N–H and O–H groups in total. The monoisotopic (exact) mass is 260 g/mol. The molecule has 4 rings (SSSR count). The summed E-state index contributed by atoms with van der Waals surface area (Å²) in [6.45, 7) is 2.60. The van der Waals surface area contributed by atoms with Crippen LogP contribution in [-0.2, 0) is 0 Å². The van der Waals surface area contributed by atoms with Gasteiger partial charge >= 0.3 is 0 Å². The number of anilines is 1. The van der Waals surface area contributed by atoms with Gasteiger partial charge in [-0.2, -0.15) is 0 Å². The van der Waals surface area contributed by atoms with Crippen molar-refractivity contribution in [1.82, 2.24) is 5.32 Å². The van der Waals surface area contributed by atoms with Crippen LogP contribution in [0.25, 0.3) is 0 Å². The molecule has 0 amide bonds. The van der Waals surface area contributed by atoms with Crippen LogP contribution in [-0.4, -0.2) is 32.0 Å². The summed E-state index contributed by atoms with van der Waals surface area (Å²) >= 11 is 0. The second-order valence-corrected chi connectivity index (χ2v) is 5.76. The number of piperidine rings is 1. The van der Waals surface area contributed by atoms with Crippen LogP contribution in [0, 0.1) is 0 Å². The van der Waals surface area contributed by atoms with Gasteiger partial charge in [-0.15, -0.1) is 0 Å². The number of hydrogen-bond acceptors (Lipinski definition) is 4.